The first-order valence-corrected chi connectivity index (χ1v) is 8.53. The van der Waals surface area contributed by atoms with Crippen LogP contribution < -0.4 is 16.0 Å². The Morgan fingerprint density at radius 3 is 2.56 bits per heavy atom. The van der Waals surface area contributed by atoms with Gasteiger partial charge in [0.1, 0.15) is 0 Å². The van der Waals surface area contributed by atoms with Crippen LogP contribution >= 0.6 is 11.8 Å². The summed E-state index contributed by atoms with van der Waals surface area (Å²) in [6.45, 7) is 3.06. The molecule has 9 heteroatoms. The maximum Gasteiger partial charge on any atom is 0.280 e. The zero-order valence-corrected chi connectivity index (χ0v) is 14.6. The topological polar surface area (TPSA) is 117 Å². The van der Waals surface area contributed by atoms with Gasteiger partial charge in [-0.2, -0.15) is 4.99 Å². The molecule has 8 nitrogen and oxygen atoms in total. The fourth-order valence-corrected chi connectivity index (χ4v) is 2.80. The molecule has 4 amide bonds. The Kier molecular flexibility index (Phi) is 6.29. The number of rotatable bonds is 5. The Bertz CT molecular complexity index is 720. The Labute approximate surface area is 148 Å². The molecule has 1 heterocycles. The van der Waals surface area contributed by atoms with Crippen molar-refractivity contribution in [3.63, 3.8) is 0 Å². The maximum atomic E-state index is 12.0. The lowest BCUT2D eigenvalue weighted by Gasteiger charge is -2.20. The lowest BCUT2D eigenvalue weighted by atomic mass is 10.1. The number of amidine groups is 1. The molecule has 0 saturated carbocycles. The van der Waals surface area contributed by atoms with Crippen molar-refractivity contribution in [1.29, 1.82) is 0 Å². The van der Waals surface area contributed by atoms with Crippen molar-refractivity contribution in [3.05, 3.63) is 35.9 Å². The van der Waals surface area contributed by atoms with Crippen molar-refractivity contribution in [1.82, 2.24) is 16.0 Å². The molecule has 0 spiro atoms. The fourth-order valence-electron chi connectivity index (χ4n) is 2.12. The molecule has 1 aliphatic heterocycles. The Hall–Kier alpha value is -2.68. The minimum atomic E-state index is -1.33. The second kappa shape index (κ2) is 8.43. The van der Waals surface area contributed by atoms with E-state index in [4.69, 9.17) is 0 Å². The third-order valence-corrected chi connectivity index (χ3v) is 4.19. The van der Waals surface area contributed by atoms with Crippen LogP contribution in [-0.4, -0.2) is 40.6 Å². The Morgan fingerprint density at radius 2 is 1.96 bits per heavy atom. The molecule has 1 aliphatic rings. The molecular formula is C16H18N4O4S. The average Bonchev–Trinajstić information content (AvgIpc) is 2.57. The van der Waals surface area contributed by atoms with E-state index in [0.717, 1.165) is 17.3 Å². The molecule has 2 atom stereocenters. The smallest absolute Gasteiger partial charge is 0.280 e. The van der Waals surface area contributed by atoms with Crippen molar-refractivity contribution in [2.75, 3.05) is 5.75 Å². The van der Waals surface area contributed by atoms with E-state index in [9.17, 15) is 19.2 Å². The number of thioether (sulfide) groups is 1. The SMILES string of the molecule is CC(=O)N[C@@H]1C(=O)N=C(SCC(=O)N[C@H](C)c2ccccc2)NC1=O. The summed E-state index contributed by atoms with van der Waals surface area (Å²) in [5, 5.41) is 7.48. The molecule has 0 bridgehead atoms. The van der Waals surface area contributed by atoms with Gasteiger partial charge >= 0.3 is 0 Å². The van der Waals surface area contributed by atoms with Gasteiger partial charge in [0.2, 0.25) is 11.8 Å². The van der Waals surface area contributed by atoms with Crippen LogP contribution in [0.2, 0.25) is 0 Å². The molecule has 0 aliphatic carbocycles. The number of carbonyl (C=O) groups excluding carboxylic acids is 4. The number of nitrogens with one attached hydrogen (secondary N) is 3. The first-order chi connectivity index (χ1) is 11.9. The van der Waals surface area contributed by atoms with Crippen molar-refractivity contribution in [2.24, 2.45) is 4.99 Å². The summed E-state index contributed by atoms with van der Waals surface area (Å²) in [6, 6.07) is 7.99. The number of amides is 4. The summed E-state index contributed by atoms with van der Waals surface area (Å²) < 4.78 is 0. The summed E-state index contributed by atoms with van der Waals surface area (Å²) in [6.07, 6.45) is 0. The van der Waals surface area contributed by atoms with E-state index < -0.39 is 23.8 Å². The van der Waals surface area contributed by atoms with Crippen molar-refractivity contribution in [2.45, 2.75) is 25.9 Å². The van der Waals surface area contributed by atoms with Gasteiger partial charge in [0.05, 0.1) is 11.8 Å². The van der Waals surface area contributed by atoms with Crippen LogP contribution in [0.25, 0.3) is 0 Å². The van der Waals surface area contributed by atoms with Crippen molar-refractivity contribution in [3.8, 4) is 0 Å². The Morgan fingerprint density at radius 1 is 1.28 bits per heavy atom. The molecule has 132 valence electrons. The van der Waals surface area contributed by atoms with Crippen LogP contribution in [0.15, 0.2) is 35.3 Å². The second-order valence-electron chi connectivity index (χ2n) is 5.37. The van der Waals surface area contributed by atoms with Gasteiger partial charge in [0, 0.05) is 6.92 Å². The summed E-state index contributed by atoms with van der Waals surface area (Å²) in [5.41, 5.74) is 0.970. The van der Waals surface area contributed by atoms with Gasteiger partial charge in [0.25, 0.3) is 11.8 Å². The van der Waals surface area contributed by atoms with Crippen LogP contribution in [0.1, 0.15) is 25.5 Å². The minimum Gasteiger partial charge on any atom is -0.349 e. The van der Waals surface area contributed by atoms with E-state index in [1.54, 1.807) is 0 Å². The zero-order valence-electron chi connectivity index (χ0n) is 13.7. The maximum absolute atomic E-state index is 12.0. The second-order valence-corrected chi connectivity index (χ2v) is 6.33. The summed E-state index contributed by atoms with van der Waals surface area (Å²) in [4.78, 5) is 50.3. The van der Waals surface area contributed by atoms with Gasteiger partial charge < -0.3 is 16.0 Å². The highest BCUT2D eigenvalue weighted by molar-refractivity contribution is 8.14. The molecule has 0 fully saturated rings. The summed E-state index contributed by atoms with van der Waals surface area (Å²) in [5.74, 6) is -2.20. The Balaban J connectivity index is 1.86. The molecule has 0 saturated heterocycles. The zero-order chi connectivity index (χ0) is 18.4. The molecule has 3 N–H and O–H groups in total. The first kappa shape index (κ1) is 18.7. The van der Waals surface area contributed by atoms with E-state index in [1.165, 1.54) is 6.92 Å². The predicted molar refractivity (Wildman–Crippen MR) is 93.6 cm³/mol. The molecule has 2 rings (SSSR count). The van der Waals surface area contributed by atoms with Gasteiger partial charge in [-0.15, -0.1) is 0 Å². The van der Waals surface area contributed by atoms with E-state index in [1.807, 2.05) is 37.3 Å². The molecule has 0 radical (unpaired) electrons. The van der Waals surface area contributed by atoms with Gasteiger partial charge in [-0.3, -0.25) is 19.2 Å². The van der Waals surface area contributed by atoms with Crippen LogP contribution in [0.3, 0.4) is 0 Å². The van der Waals surface area contributed by atoms with Crippen LogP contribution in [0, 0.1) is 0 Å². The highest BCUT2D eigenvalue weighted by Crippen LogP contribution is 2.12. The number of carbonyl (C=O) groups is 4. The minimum absolute atomic E-state index is 0.00558. The number of aliphatic imine (C=N–C) groups is 1. The van der Waals surface area contributed by atoms with Crippen molar-refractivity contribution >= 4 is 40.6 Å². The largest absolute Gasteiger partial charge is 0.349 e. The van der Waals surface area contributed by atoms with E-state index in [-0.39, 0.29) is 22.9 Å². The summed E-state index contributed by atoms with van der Waals surface area (Å²) in [7, 11) is 0. The molecule has 1 aromatic rings. The third-order valence-electron chi connectivity index (χ3n) is 3.32. The van der Waals surface area contributed by atoms with E-state index in [0.29, 0.717) is 0 Å². The highest BCUT2D eigenvalue weighted by atomic mass is 32.2. The number of nitrogens with zero attached hydrogens (tertiary/aromatic N) is 1. The van der Waals surface area contributed by atoms with Crippen LogP contribution in [0.4, 0.5) is 0 Å². The lowest BCUT2D eigenvalue weighted by Crippen LogP contribution is -2.55. The van der Waals surface area contributed by atoms with Gasteiger partial charge in [-0.05, 0) is 12.5 Å². The van der Waals surface area contributed by atoms with E-state index >= 15 is 0 Å². The lowest BCUT2D eigenvalue weighted by molar-refractivity contribution is -0.134. The number of benzene rings is 1. The molecule has 0 aromatic heterocycles. The quantitative estimate of drug-likeness (QED) is 0.643. The standard InChI is InChI=1S/C16H18N4O4S/c1-9(11-6-4-3-5-7-11)17-12(22)8-25-16-19-14(23)13(15(24)20-16)18-10(2)21/h3-7,9,13H,8H2,1-2H3,(H,17,22)(H,18,21)(H,19,20,23,24)/t9-/m1/s1. The van der Waals surface area contributed by atoms with Crippen molar-refractivity contribution < 1.29 is 19.2 Å². The first-order valence-electron chi connectivity index (χ1n) is 7.54. The monoisotopic (exact) mass is 362 g/mol. The molecule has 1 aromatic carbocycles. The van der Waals surface area contributed by atoms with Gasteiger partial charge in [-0.25, -0.2) is 0 Å². The molecule has 25 heavy (non-hydrogen) atoms. The molecular weight excluding hydrogens is 344 g/mol. The third kappa shape index (κ3) is 5.42. The van der Waals surface area contributed by atoms with E-state index in [2.05, 4.69) is 20.9 Å². The molecule has 0 unspecified atom stereocenters. The predicted octanol–water partition coefficient (Wildman–Crippen LogP) is 0.114. The number of hydrogen-bond donors (Lipinski definition) is 3. The van der Waals surface area contributed by atoms with Crippen LogP contribution in [0.5, 0.6) is 0 Å². The van der Waals surface area contributed by atoms with Crippen LogP contribution in [-0.2, 0) is 19.2 Å². The highest BCUT2D eigenvalue weighted by Gasteiger charge is 2.32. The average molecular weight is 362 g/mol. The summed E-state index contributed by atoms with van der Waals surface area (Å²) >= 11 is 0.944. The number of hydrogen-bond acceptors (Lipinski definition) is 5. The fraction of sp³-hybridized carbons (Fsp3) is 0.312. The van der Waals surface area contributed by atoms with Gasteiger partial charge in [0.15, 0.2) is 11.2 Å². The van der Waals surface area contributed by atoms with Gasteiger partial charge in [-0.1, -0.05) is 42.1 Å². The normalized spacial score (nSPS) is 18.0.